The summed E-state index contributed by atoms with van der Waals surface area (Å²) in [6, 6.07) is -0.821. The molecule has 0 spiro atoms. The zero-order chi connectivity index (χ0) is 48.7. The van der Waals surface area contributed by atoms with Crippen LogP contribution in [-0.2, 0) is 14.3 Å². The van der Waals surface area contributed by atoms with E-state index in [4.69, 9.17) is 9.47 Å². The number of nitrogens with one attached hydrogen (secondary N) is 1. The first-order valence-electron chi connectivity index (χ1n) is 28.7. The van der Waals surface area contributed by atoms with Crippen molar-refractivity contribution in [3.8, 4) is 0 Å². The Morgan fingerprint density at radius 1 is 0.493 bits per heavy atom. The fourth-order valence-corrected chi connectivity index (χ4v) is 9.11. The summed E-state index contributed by atoms with van der Waals surface area (Å²) < 4.78 is 11.2. The molecule has 6 N–H and O–H groups in total. The van der Waals surface area contributed by atoms with Crippen molar-refractivity contribution >= 4 is 5.91 Å². The average molecular weight is 949 g/mol. The van der Waals surface area contributed by atoms with Gasteiger partial charge in [-0.1, -0.05) is 243 Å². The molecule has 0 aromatic heterocycles. The van der Waals surface area contributed by atoms with Gasteiger partial charge in [-0.05, 0) is 57.8 Å². The normalized spacial score (nSPS) is 19.9. The molecule has 7 unspecified atom stereocenters. The van der Waals surface area contributed by atoms with Crippen LogP contribution in [0.15, 0.2) is 36.5 Å². The second-order valence-electron chi connectivity index (χ2n) is 20.1. The molecular weight excluding hydrogens is 839 g/mol. The maximum absolute atomic E-state index is 13.0. The van der Waals surface area contributed by atoms with E-state index in [0.29, 0.717) is 6.42 Å². The first-order chi connectivity index (χ1) is 32.8. The maximum atomic E-state index is 13.0. The van der Waals surface area contributed by atoms with E-state index in [0.717, 1.165) is 38.5 Å². The molecule has 67 heavy (non-hydrogen) atoms. The summed E-state index contributed by atoms with van der Waals surface area (Å²) in [5.74, 6) is -0.185. The van der Waals surface area contributed by atoms with Crippen molar-refractivity contribution < 1.29 is 39.8 Å². The van der Waals surface area contributed by atoms with Crippen molar-refractivity contribution in [3.63, 3.8) is 0 Å². The summed E-state index contributed by atoms with van der Waals surface area (Å²) in [6.45, 7) is 3.78. The second kappa shape index (κ2) is 48.1. The number of carbonyl (C=O) groups excluding carboxylic acids is 1. The third kappa shape index (κ3) is 37.9. The van der Waals surface area contributed by atoms with Gasteiger partial charge >= 0.3 is 0 Å². The Balaban J connectivity index is 2.20. The predicted octanol–water partition coefficient (Wildman–Crippen LogP) is 14.0. The molecule has 7 atom stereocenters. The van der Waals surface area contributed by atoms with Gasteiger partial charge in [0.1, 0.15) is 24.4 Å². The minimum Gasteiger partial charge on any atom is -0.394 e. The predicted molar refractivity (Wildman–Crippen MR) is 281 cm³/mol. The molecule has 0 aromatic carbocycles. The van der Waals surface area contributed by atoms with Gasteiger partial charge in [0.25, 0.3) is 0 Å². The van der Waals surface area contributed by atoms with Crippen LogP contribution in [0.25, 0.3) is 0 Å². The molecule has 1 amide bonds. The first-order valence-corrected chi connectivity index (χ1v) is 28.7. The van der Waals surface area contributed by atoms with Gasteiger partial charge in [0.2, 0.25) is 5.91 Å². The van der Waals surface area contributed by atoms with Crippen LogP contribution in [0.5, 0.6) is 0 Å². The highest BCUT2D eigenvalue weighted by molar-refractivity contribution is 5.76. The van der Waals surface area contributed by atoms with Crippen molar-refractivity contribution in [3.05, 3.63) is 36.5 Å². The molecule has 0 aromatic rings. The first kappa shape index (κ1) is 63.4. The number of ether oxygens (including phenoxy) is 2. The average Bonchev–Trinajstić information content (AvgIpc) is 3.33. The van der Waals surface area contributed by atoms with Crippen LogP contribution in [-0.4, -0.2) is 87.5 Å². The molecule has 1 saturated heterocycles. The third-order valence-corrected chi connectivity index (χ3v) is 13.7. The molecule has 1 fully saturated rings. The number of hydrogen-bond acceptors (Lipinski definition) is 8. The van der Waals surface area contributed by atoms with Crippen molar-refractivity contribution in [1.29, 1.82) is 0 Å². The molecule has 0 saturated carbocycles. The number of carbonyl (C=O) groups is 1. The Hall–Kier alpha value is -1.59. The van der Waals surface area contributed by atoms with E-state index >= 15 is 0 Å². The molecule has 394 valence electrons. The van der Waals surface area contributed by atoms with Gasteiger partial charge in [-0.15, -0.1) is 0 Å². The van der Waals surface area contributed by atoms with Gasteiger partial charge < -0.3 is 40.3 Å². The lowest BCUT2D eigenvalue weighted by Crippen LogP contribution is -2.60. The minimum atomic E-state index is -1.57. The highest BCUT2D eigenvalue weighted by Gasteiger charge is 2.44. The lowest BCUT2D eigenvalue weighted by atomic mass is 9.99. The van der Waals surface area contributed by atoms with Crippen LogP contribution in [0.3, 0.4) is 0 Å². The Labute approximate surface area is 412 Å². The fraction of sp³-hybridized carbons (Fsp3) is 0.879. The fourth-order valence-electron chi connectivity index (χ4n) is 9.11. The lowest BCUT2D eigenvalue weighted by Gasteiger charge is -2.40. The topological polar surface area (TPSA) is 149 Å². The maximum Gasteiger partial charge on any atom is 0.220 e. The summed E-state index contributed by atoms with van der Waals surface area (Å²) in [5.41, 5.74) is 0. The molecule has 9 heteroatoms. The van der Waals surface area contributed by atoms with E-state index in [1.807, 2.05) is 6.08 Å². The van der Waals surface area contributed by atoms with Gasteiger partial charge in [-0.2, -0.15) is 0 Å². The summed E-state index contributed by atoms with van der Waals surface area (Å²) in [4.78, 5) is 13.0. The van der Waals surface area contributed by atoms with Crippen molar-refractivity contribution in [2.75, 3.05) is 13.2 Å². The van der Waals surface area contributed by atoms with Gasteiger partial charge in [0, 0.05) is 6.42 Å². The third-order valence-electron chi connectivity index (χ3n) is 13.7. The van der Waals surface area contributed by atoms with Gasteiger partial charge in [0.05, 0.1) is 25.4 Å². The summed E-state index contributed by atoms with van der Waals surface area (Å²) in [6.07, 6.45) is 55.0. The standard InChI is InChI=1S/C58H109NO8/c1-3-5-7-9-11-13-15-17-19-21-22-23-24-25-26-27-28-29-30-31-32-34-36-38-40-42-44-46-48-54(62)59-51(50-66-58-57(65)56(64)55(63)53(49-60)67-58)52(61)47-45-43-41-39-37-35-33-20-18-16-14-12-10-8-6-4-2/h25-26,37,39,45,47,51-53,55-58,60-61,63-65H,3-24,27-36,38,40-44,46,48-50H2,1-2H3,(H,59,62)/b26-25-,39-37+,47-45+. The summed E-state index contributed by atoms with van der Waals surface area (Å²) in [7, 11) is 0. The van der Waals surface area contributed by atoms with Gasteiger partial charge in [-0.25, -0.2) is 0 Å². The monoisotopic (exact) mass is 948 g/mol. The number of rotatable bonds is 49. The highest BCUT2D eigenvalue weighted by Crippen LogP contribution is 2.23. The summed E-state index contributed by atoms with van der Waals surface area (Å²) >= 11 is 0. The molecule has 0 aliphatic carbocycles. The zero-order valence-electron chi connectivity index (χ0n) is 43.7. The van der Waals surface area contributed by atoms with E-state index < -0.39 is 49.5 Å². The molecule has 1 aliphatic heterocycles. The van der Waals surface area contributed by atoms with E-state index in [1.165, 1.54) is 212 Å². The SMILES string of the molecule is CCCCCCCCCCCC/C=C/CC/C=C/C(O)C(COC1OC(CO)C(O)C(O)C1O)NC(=O)CCCCCCCCCCCCCC/C=C\CCCCCCCCCCCCCC. The van der Waals surface area contributed by atoms with Crippen molar-refractivity contribution in [2.24, 2.45) is 0 Å². The van der Waals surface area contributed by atoms with Crippen LogP contribution >= 0.6 is 0 Å². The highest BCUT2D eigenvalue weighted by atomic mass is 16.7. The van der Waals surface area contributed by atoms with Crippen LogP contribution in [0.2, 0.25) is 0 Å². The molecular formula is C58H109NO8. The smallest absolute Gasteiger partial charge is 0.220 e. The molecule has 1 rings (SSSR count). The van der Waals surface area contributed by atoms with E-state index in [9.17, 15) is 30.3 Å². The zero-order valence-corrected chi connectivity index (χ0v) is 43.7. The minimum absolute atomic E-state index is 0.185. The number of aliphatic hydroxyl groups is 5. The van der Waals surface area contributed by atoms with Crippen LogP contribution in [0, 0.1) is 0 Å². The molecule has 9 nitrogen and oxygen atoms in total. The van der Waals surface area contributed by atoms with Crippen molar-refractivity contribution in [1.82, 2.24) is 5.32 Å². The molecule has 1 heterocycles. The molecule has 0 bridgehead atoms. The number of hydrogen-bond donors (Lipinski definition) is 6. The Morgan fingerprint density at radius 2 is 0.851 bits per heavy atom. The van der Waals surface area contributed by atoms with Crippen LogP contribution in [0.4, 0.5) is 0 Å². The molecule has 1 aliphatic rings. The Morgan fingerprint density at radius 3 is 1.25 bits per heavy atom. The lowest BCUT2D eigenvalue weighted by molar-refractivity contribution is -0.302. The van der Waals surface area contributed by atoms with Crippen molar-refractivity contribution in [2.45, 2.75) is 314 Å². The molecule has 0 radical (unpaired) electrons. The van der Waals surface area contributed by atoms with Gasteiger partial charge in [-0.3, -0.25) is 4.79 Å². The quantitative estimate of drug-likeness (QED) is 0.0261. The van der Waals surface area contributed by atoms with E-state index in [2.05, 4.69) is 43.5 Å². The van der Waals surface area contributed by atoms with Crippen LogP contribution < -0.4 is 5.32 Å². The summed E-state index contributed by atoms with van der Waals surface area (Å²) in [5, 5.41) is 54.4. The Kier molecular flexibility index (Phi) is 45.5. The number of allylic oxidation sites excluding steroid dienone is 5. The Bertz CT molecular complexity index is 1150. The van der Waals surface area contributed by atoms with E-state index in [-0.39, 0.29) is 12.5 Å². The number of aliphatic hydroxyl groups excluding tert-OH is 5. The van der Waals surface area contributed by atoms with E-state index in [1.54, 1.807) is 6.08 Å². The number of unbranched alkanes of at least 4 members (excludes halogenated alkanes) is 35. The van der Waals surface area contributed by atoms with Gasteiger partial charge in [0.15, 0.2) is 6.29 Å². The van der Waals surface area contributed by atoms with Crippen LogP contribution in [0.1, 0.15) is 271 Å². The number of amides is 1. The second-order valence-corrected chi connectivity index (χ2v) is 20.1. The largest absolute Gasteiger partial charge is 0.394 e.